The zero-order valence-corrected chi connectivity index (χ0v) is 12.1. The van der Waals surface area contributed by atoms with Crippen LogP contribution < -0.4 is 10.8 Å². The van der Waals surface area contributed by atoms with Crippen LogP contribution >= 0.6 is 0 Å². The smallest absolute Gasteiger partial charge is 0.334 e. The fourth-order valence-electron chi connectivity index (χ4n) is 3.46. The Morgan fingerprint density at radius 1 is 1.29 bits per heavy atom. The van der Waals surface area contributed by atoms with E-state index in [0.717, 1.165) is 4.90 Å². The van der Waals surface area contributed by atoms with Crippen LogP contribution in [0.4, 0.5) is 18.9 Å². The first kappa shape index (κ1) is 16.5. The molecule has 2 N–H and O–H groups in total. The molecule has 3 rings (SSSR count). The number of amides is 1. The number of carbonyl (C=O) groups excluding carboxylic acids is 1. The Kier molecular flexibility index (Phi) is 3.84. The van der Waals surface area contributed by atoms with Gasteiger partial charge in [-0.05, 0) is 23.6 Å². The van der Waals surface area contributed by atoms with Crippen LogP contribution in [0.3, 0.4) is 0 Å². The SMILES string of the molecule is NOOc1cc2c(cc1[N+](=O)[O-])C1CC2CN(C(=O)C(F)(F)F)C1. The number of hydrogen-bond acceptors (Lipinski definition) is 6. The maximum Gasteiger partial charge on any atom is 0.471 e. The summed E-state index contributed by atoms with van der Waals surface area (Å²) in [6.45, 7) is -0.241. The highest BCUT2D eigenvalue weighted by Gasteiger charge is 2.48. The van der Waals surface area contributed by atoms with E-state index in [4.69, 9.17) is 5.90 Å². The second kappa shape index (κ2) is 5.60. The number of carbonyl (C=O) groups is 1. The predicted octanol–water partition coefficient (Wildman–Crippen LogP) is 1.75. The average Bonchev–Trinajstić information content (AvgIpc) is 2.75. The Morgan fingerprint density at radius 3 is 2.38 bits per heavy atom. The van der Waals surface area contributed by atoms with Crippen LogP contribution in [0.5, 0.6) is 5.75 Å². The molecular formula is C13H12F3N3O5. The molecule has 2 atom stereocenters. The van der Waals surface area contributed by atoms with Crippen LogP contribution in [0.1, 0.15) is 29.4 Å². The van der Waals surface area contributed by atoms with Crippen LogP contribution in [0.2, 0.25) is 0 Å². The van der Waals surface area contributed by atoms with Gasteiger partial charge in [-0.3, -0.25) is 14.9 Å². The fraction of sp³-hybridized carbons (Fsp3) is 0.462. The minimum atomic E-state index is -4.95. The molecule has 1 aliphatic carbocycles. The lowest BCUT2D eigenvalue weighted by atomic mass is 9.95. The summed E-state index contributed by atoms with van der Waals surface area (Å²) >= 11 is 0. The van der Waals surface area contributed by atoms with Gasteiger partial charge >= 0.3 is 17.8 Å². The third-order valence-electron chi connectivity index (χ3n) is 4.36. The Bertz CT molecular complexity index is 709. The van der Waals surface area contributed by atoms with Crippen LogP contribution in [0, 0.1) is 10.1 Å². The molecule has 24 heavy (non-hydrogen) atoms. The number of likely N-dealkylation sites (tertiary alicyclic amines) is 1. The zero-order valence-electron chi connectivity index (χ0n) is 12.1. The third-order valence-corrected chi connectivity index (χ3v) is 4.36. The van der Waals surface area contributed by atoms with Crippen molar-refractivity contribution in [2.45, 2.75) is 24.4 Å². The molecule has 1 amide bonds. The summed E-state index contributed by atoms with van der Waals surface area (Å²) in [5, 5.41) is 11.1. The van der Waals surface area contributed by atoms with E-state index in [9.17, 15) is 28.1 Å². The van der Waals surface area contributed by atoms with E-state index in [0.29, 0.717) is 17.5 Å². The predicted molar refractivity (Wildman–Crippen MR) is 71.7 cm³/mol. The summed E-state index contributed by atoms with van der Waals surface area (Å²) in [5.41, 5.74) is 0.754. The summed E-state index contributed by atoms with van der Waals surface area (Å²) < 4.78 is 37.9. The lowest BCUT2D eigenvalue weighted by Crippen LogP contribution is -2.46. The number of alkyl halides is 3. The number of fused-ring (bicyclic) bond motifs is 5. The maximum absolute atomic E-state index is 12.6. The largest absolute Gasteiger partial charge is 0.471 e. The molecular weight excluding hydrogens is 335 g/mol. The molecule has 0 saturated carbocycles. The maximum atomic E-state index is 12.6. The zero-order chi connectivity index (χ0) is 17.6. The molecule has 1 aromatic carbocycles. The van der Waals surface area contributed by atoms with Crippen LogP contribution in [-0.2, 0) is 9.78 Å². The molecule has 2 unspecified atom stereocenters. The summed E-state index contributed by atoms with van der Waals surface area (Å²) in [6.07, 6.45) is -4.43. The minimum absolute atomic E-state index is 0.109. The van der Waals surface area contributed by atoms with Gasteiger partial charge in [0.1, 0.15) is 0 Å². The number of benzene rings is 1. The first-order valence-electron chi connectivity index (χ1n) is 6.94. The summed E-state index contributed by atoms with van der Waals surface area (Å²) in [5.74, 6) is 1.89. The van der Waals surface area contributed by atoms with E-state index in [2.05, 4.69) is 9.88 Å². The normalized spacial score (nSPS) is 22.2. The third kappa shape index (κ3) is 2.65. The van der Waals surface area contributed by atoms with E-state index in [-0.39, 0.29) is 24.8 Å². The number of nitrogens with zero attached hydrogens (tertiary/aromatic N) is 2. The molecule has 0 radical (unpaired) electrons. The highest BCUT2D eigenvalue weighted by Crippen LogP contribution is 2.49. The quantitative estimate of drug-likeness (QED) is 0.507. The van der Waals surface area contributed by atoms with Crippen molar-refractivity contribution in [2.75, 3.05) is 13.1 Å². The van der Waals surface area contributed by atoms with Gasteiger partial charge in [0.2, 0.25) is 5.75 Å². The van der Waals surface area contributed by atoms with Gasteiger partial charge in [-0.1, -0.05) is 4.99 Å². The van der Waals surface area contributed by atoms with Crippen molar-refractivity contribution in [3.63, 3.8) is 0 Å². The first-order valence-corrected chi connectivity index (χ1v) is 6.94. The van der Waals surface area contributed by atoms with Gasteiger partial charge in [0.25, 0.3) is 0 Å². The monoisotopic (exact) mass is 347 g/mol. The molecule has 11 heteroatoms. The van der Waals surface area contributed by atoms with Crippen molar-refractivity contribution in [3.8, 4) is 5.75 Å². The number of piperidine rings is 1. The number of hydrogen-bond donors (Lipinski definition) is 1. The van der Waals surface area contributed by atoms with Crippen LogP contribution in [0.25, 0.3) is 0 Å². The van der Waals surface area contributed by atoms with E-state index in [1.54, 1.807) is 0 Å². The molecule has 1 aromatic rings. The molecule has 1 fully saturated rings. The van der Waals surface area contributed by atoms with Crippen molar-refractivity contribution < 1.29 is 32.8 Å². The highest BCUT2D eigenvalue weighted by atomic mass is 19.4. The lowest BCUT2D eigenvalue weighted by Gasteiger charge is -2.32. The number of nitro groups is 1. The average molecular weight is 347 g/mol. The molecule has 130 valence electrons. The summed E-state index contributed by atoms with van der Waals surface area (Å²) in [7, 11) is 0. The molecule has 1 aliphatic heterocycles. The van der Waals surface area contributed by atoms with Gasteiger partial charge in [-0.2, -0.15) is 19.1 Å². The summed E-state index contributed by atoms with van der Waals surface area (Å²) in [6, 6.07) is 2.59. The second-order valence-corrected chi connectivity index (χ2v) is 5.72. The van der Waals surface area contributed by atoms with Crippen LogP contribution in [0.15, 0.2) is 12.1 Å². The molecule has 2 bridgehead atoms. The molecule has 1 saturated heterocycles. The molecule has 8 nitrogen and oxygen atoms in total. The molecule has 0 spiro atoms. The van der Waals surface area contributed by atoms with Crippen molar-refractivity contribution in [2.24, 2.45) is 5.90 Å². The van der Waals surface area contributed by atoms with Gasteiger partial charge in [0.15, 0.2) is 0 Å². The molecule has 2 aliphatic rings. The van der Waals surface area contributed by atoms with Crippen molar-refractivity contribution in [1.82, 2.24) is 4.90 Å². The van der Waals surface area contributed by atoms with Crippen LogP contribution in [-0.4, -0.2) is 35.0 Å². The van der Waals surface area contributed by atoms with Crippen molar-refractivity contribution >= 4 is 11.6 Å². The Hall–Kier alpha value is -2.40. The first-order chi connectivity index (χ1) is 11.2. The minimum Gasteiger partial charge on any atom is -0.334 e. The van der Waals surface area contributed by atoms with Gasteiger partial charge in [0.05, 0.1) is 4.92 Å². The molecule has 1 heterocycles. The summed E-state index contributed by atoms with van der Waals surface area (Å²) in [4.78, 5) is 31.2. The topological polar surface area (TPSA) is 108 Å². The van der Waals surface area contributed by atoms with Crippen molar-refractivity contribution in [3.05, 3.63) is 33.4 Å². The van der Waals surface area contributed by atoms with Gasteiger partial charge in [0, 0.05) is 31.0 Å². The van der Waals surface area contributed by atoms with Crippen molar-refractivity contribution in [1.29, 1.82) is 0 Å². The van der Waals surface area contributed by atoms with E-state index < -0.39 is 28.6 Å². The number of nitrogens with two attached hydrogens (primary N) is 1. The van der Waals surface area contributed by atoms with E-state index >= 15 is 0 Å². The number of rotatable bonds is 3. The fourth-order valence-corrected chi connectivity index (χ4v) is 3.46. The Morgan fingerprint density at radius 2 is 1.88 bits per heavy atom. The Labute approximate surface area is 132 Å². The van der Waals surface area contributed by atoms with Gasteiger partial charge in [-0.25, -0.2) is 0 Å². The Balaban J connectivity index is 1.96. The second-order valence-electron chi connectivity index (χ2n) is 5.72. The lowest BCUT2D eigenvalue weighted by molar-refractivity contribution is -0.388. The standard InChI is InChI=1S/C13H12F3N3O5/c14-13(15,16)12(20)18-4-6-1-7(5-18)9-3-11(23-24-17)10(19(21)22)2-8(6)9/h2-3,6-7H,1,4-5,17H2. The molecule has 0 aromatic heterocycles. The number of halogens is 3. The van der Waals surface area contributed by atoms with E-state index in [1.807, 2.05) is 0 Å². The van der Waals surface area contributed by atoms with Gasteiger partial charge in [-0.15, -0.1) is 0 Å². The highest BCUT2D eigenvalue weighted by molar-refractivity contribution is 5.82. The van der Waals surface area contributed by atoms with E-state index in [1.165, 1.54) is 12.1 Å². The van der Waals surface area contributed by atoms with Gasteiger partial charge < -0.3 is 9.79 Å². The number of nitro benzene ring substituents is 1.